The van der Waals surface area contributed by atoms with Crippen molar-refractivity contribution in [1.29, 1.82) is 5.26 Å². The topological polar surface area (TPSA) is 61.1 Å². The molecular formula is C10H8ClNO2. The average Bonchev–Trinajstić information content (AvgIpc) is 2.17. The van der Waals surface area contributed by atoms with Crippen molar-refractivity contribution in [1.82, 2.24) is 0 Å². The summed E-state index contributed by atoms with van der Waals surface area (Å²) in [6.45, 7) is 1.86. The first-order valence-electron chi connectivity index (χ1n) is 4.06. The van der Waals surface area contributed by atoms with Crippen LogP contribution in [0.2, 0.25) is 5.02 Å². The normalized spacial score (nSPS) is 9.50. The largest absolute Gasteiger partial charge is 0.478 e. The summed E-state index contributed by atoms with van der Waals surface area (Å²) in [7, 11) is 0. The average molecular weight is 210 g/mol. The SMILES string of the molecule is CCc1cc(C(=O)O)cc(C#N)c1Cl. The van der Waals surface area contributed by atoms with Crippen LogP contribution in [0.1, 0.15) is 28.4 Å². The molecule has 0 bridgehead atoms. The highest BCUT2D eigenvalue weighted by atomic mass is 35.5. The maximum atomic E-state index is 10.7. The minimum atomic E-state index is -1.05. The maximum Gasteiger partial charge on any atom is 0.335 e. The van der Waals surface area contributed by atoms with Gasteiger partial charge in [-0.25, -0.2) is 4.79 Å². The fourth-order valence-corrected chi connectivity index (χ4v) is 1.43. The van der Waals surface area contributed by atoms with Gasteiger partial charge in [0, 0.05) is 0 Å². The van der Waals surface area contributed by atoms with Crippen molar-refractivity contribution in [2.24, 2.45) is 0 Å². The quantitative estimate of drug-likeness (QED) is 0.814. The van der Waals surface area contributed by atoms with E-state index >= 15 is 0 Å². The molecule has 0 amide bonds. The molecule has 1 N–H and O–H groups in total. The molecule has 0 aromatic heterocycles. The number of benzene rings is 1. The van der Waals surface area contributed by atoms with Gasteiger partial charge >= 0.3 is 5.97 Å². The van der Waals surface area contributed by atoms with Gasteiger partial charge in [-0.2, -0.15) is 5.26 Å². The molecule has 0 saturated carbocycles. The highest BCUT2D eigenvalue weighted by molar-refractivity contribution is 6.32. The minimum absolute atomic E-state index is 0.0998. The Kier molecular flexibility index (Phi) is 3.10. The third-order valence-corrected chi connectivity index (χ3v) is 2.34. The zero-order valence-electron chi connectivity index (χ0n) is 7.54. The maximum absolute atomic E-state index is 10.7. The smallest absolute Gasteiger partial charge is 0.335 e. The van der Waals surface area contributed by atoms with Gasteiger partial charge in [0.2, 0.25) is 0 Å². The Labute approximate surface area is 86.5 Å². The molecule has 3 nitrogen and oxygen atoms in total. The third-order valence-electron chi connectivity index (χ3n) is 1.90. The van der Waals surface area contributed by atoms with Crippen LogP contribution in [0.15, 0.2) is 12.1 Å². The van der Waals surface area contributed by atoms with E-state index in [0.717, 1.165) is 0 Å². The molecule has 0 radical (unpaired) electrons. The van der Waals surface area contributed by atoms with Gasteiger partial charge in [0.25, 0.3) is 0 Å². The lowest BCUT2D eigenvalue weighted by Crippen LogP contribution is -1.99. The second-order valence-electron chi connectivity index (χ2n) is 2.77. The van der Waals surface area contributed by atoms with Gasteiger partial charge in [0.1, 0.15) is 6.07 Å². The van der Waals surface area contributed by atoms with Gasteiger partial charge in [-0.15, -0.1) is 0 Å². The van der Waals surface area contributed by atoms with Crippen molar-refractivity contribution in [2.45, 2.75) is 13.3 Å². The predicted molar refractivity (Wildman–Crippen MR) is 52.5 cm³/mol. The van der Waals surface area contributed by atoms with E-state index in [-0.39, 0.29) is 11.1 Å². The van der Waals surface area contributed by atoms with Crippen LogP contribution < -0.4 is 0 Å². The van der Waals surface area contributed by atoms with Crippen LogP contribution in [0.5, 0.6) is 0 Å². The van der Waals surface area contributed by atoms with E-state index in [0.29, 0.717) is 17.0 Å². The molecule has 0 aliphatic heterocycles. The first kappa shape index (κ1) is 10.6. The van der Waals surface area contributed by atoms with E-state index in [2.05, 4.69) is 0 Å². The highest BCUT2D eigenvalue weighted by Gasteiger charge is 2.11. The molecule has 0 heterocycles. The number of carboxylic acids is 1. The number of hydrogen-bond donors (Lipinski definition) is 1. The van der Waals surface area contributed by atoms with Crippen molar-refractivity contribution in [3.05, 3.63) is 33.8 Å². The van der Waals surface area contributed by atoms with Crippen LogP contribution in [0.4, 0.5) is 0 Å². The highest BCUT2D eigenvalue weighted by Crippen LogP contribution is 2.23. The lowest BCUT2D eigenvalue weighted by molar-refractivity contribution is 0.0696. The number of aryl methyl sites for hydroxylation is 1. The number of rotatable bonds is 2. The van der Waals surface area contributed by atoms with Crippen LogP contribution in [0, 0.1) is 11.3 Å². The van der Waals surface area contributed by atoms with Crippen molar-refractivity contribution >= 4 is 17.6 Å². The van der Waals surface area contributed by atoms with Crippen molar-refractivity contribution < 1.29 is 9.90 Å². The molecule has 0 saturated heterocycles. The number of nitrogens with zero attached hydrogens (tertiary/aromatic N) is 1. The Morgan fingerprint density at radius 3 is 2.71 bits per heavy atom. The summed E-state index contributed by atoms with van der Waals surface area (Å²) >= 11 is 5.87. The van der Waals surface area contributed by atoms with E-state index in [4.69, 9.17) is 22.0 Å². The molecule has 14 heavy (non-hydrogen) atoms. The van der Waals surface area contributed by atoms with Crippen molar-refractivity contribution in [3.63, 3.8) is 0 Å². The fourth-order valence-electron chi connectivity index (χ4n) is 1.15. The minimum Gasteiger partial charge on any atom is -0.478 e. The molecule has 1 aromatic carbocycles. The molecule has 0 aliphatic carbocycles. The van der Waals surface area contributed by atoms with Crippen LogP contribution >= 0.6 is 11.6 Å². The molecule has 72 valence electrons. The summed E-state index contributed by atoms with van der Waals surface area (Å²) in [6.07, 6.45) is 0.606. The van der Waals surface area contributed by atoms with Gasteiger partial charge in [-0.1, -0.05) is 18.5 Å². The van der Waals surface area contributed by atoms with Gasteiger partial charge < -0.3 is 5.11 Å². The molecule has 1 rings (SSSR count). The monoisotopic (exact) mass is 209 g/mol. The molecule has 1 aromatic rings. The second-order valence-corrected chi connectivity index (χ2v) is 3.15. The lowest BCUT2D eigenvalue weighted by Gasteiger charge is -2.04. The Bertz CT molecular complexity index is 421. The van der Waals surface area contributed by atoms with E-state index in [1.54, 1.807) is 0 Å². The van der Waals surface area contributed by atoms with Crippen molar-refractivity contribution in [2.75, 3.05) is 0 Å². The number of nitriles is 1. The molecule has 0 spiro atoms. The van der Waals surface area contributed by atoms with Crippen LogP contribution in [0.25, 0.3) is 0 Å². The van der Waals surface area contributed by atoms with E-state index in [9.17, 15) is 4.79 Å². The standard InChI is InChI=1S/C10H8ClNO2/c1-2-6-3-7(10(13)14)4-8(5-12)9(6)11/h3-4H,2H2,1H3,(H,13,14). The summed E-state index contributed by atoms with van der Waals surface area (Å²) in [5.74, 6) is -1.05. The zero-order chi connectivity index (χ0) is 10.7. The Hall–Kier alpha value is -1.53. The van der Waals surface area contributed by atoms with Crippen LogP contribution in [-0.2, 0) is 6.42 Å². The number of halogens is 1. The summed E-state index contributed by atoms with van der Waals surface area (Å²) in [6, 6.07) is 4.64. The van der Waals surface area contributed by atoms with Crippen LogP contribution in [0.3, 0.4) is 0 Å². The van der Waals surface area contributed by atoms with Gasteiger partial charge in [0.05, 0.1) is 16.1 Å². The van der Waals surface area contributed by atoms with Gasteiger partial charge in [0.15, 0.2) is 0 Å². The second kappa shape index (κ2) is 4.12. The van der Waals surface area contributed by atoms with Gasteiger partial charge in [-0.05, 0) is 24.1 Å². The Morgan fingerprint density at radius 1 is 1.64 bits per heavy atom. The first-order chi connectivity index (χ1) is 6.60. The number of carboxylic acid groups (broad SMARTS) is 1. The summed E-state index contributed by atoms with van der Waals surface area (Å²) in [4.78, 5) is 10.7. The fraction of sp³-hybridized carbons (Fsp3) is 0.200. The number of aromatic carboxylic acids is 1. The number of carbonyl (C=O) groups is 1. The molecule has 0 fully saturated rings. The van der Waals surface area contributed by atoms with E-state index < -0.39 is 5.97 Å². The first-order valence-corrected chi connectivity index (χ1v) is 4.43. The van der Waals surface area contributed by atoms with E-state index in [1.807, 2.05) is 13.0 Å². The third kappa shape index (κ3) is 1.86. The summed E-state index contributed by atoms with van der Waals surface area (Å²) < 4.78 is 0. The zero-order valence-corrected chi connectivity index (χ0v) is 8.30. The molecular weight excluding hydrogens is 202 g/mol. The Balaban J connectivity index is 3.41. The molecule has 0 atom stereocenters. The van der Waals surface area contributed by atoms with Crippen LogP contribution in [-0.4, -0.2) is 11.1 Å². The number of hydrogen-bond acceptors (Lipinski definition) is 2. The Morgan fingerprint density at radius 2 is 2.29 bits per heavy atom. The predicted octanol–water partition coefficient (Wildman–Crippen LogP) is 2.47. The van der Waals surface area contributed by atoms with Gasteiger partial charge in [-0.3, -0.25) is 0 Å². The molecule has 4 heteroatoms. The molecule has 0 aliphatic rings. The summed E-state index contributed by atoms with van der Waals surface area (Å²) in [5, 5.41) is 17.8. The van der Waals surface area contributed by atoms with Crippen molar-refractivity contribution in [3.8, 4) is 6.07 Å². The molecule has 0 unspecified atom stereocenters. The summed E-state index contributed by atoms with van der Waals surface area (Å²) in [5.41, 5.74) is 0.995. The lowest BCUT2D eigenvalue weighted by atomic mass is 10.0. The van der Waals surface area contributed by atoms with E-state index in [1.165, 1.54) is 12.1 Å².